The third kappa shape index (κ3) is 7.20. The van der Waals surface area contributed by atoms with Gasteiger partial charge < -0.3 is 15.0 Å². The Morgan fingerprint density at radius 1 is 1.23 bits per heavy atom. The molecule has 9 nitrogen and oxygen atoms in total. The molecule has 3 rings (SSSR count). The molecule has 10 heteroatoms. The minimum atomic E-state index is -0.531. The maximum absolute atomic E-state index is 13.0. The van der Waals surface area contributed by atoms with Crippen LogP contribution in [0.5, 0.6) is 0 Å². The Morgan fingerprint density at radius 3 is 2.48 bits per heavy atom. The summed E-state index contributed by atoms with van der Waals surface area (Å²) in [4.78, 5) is 26.9. The largest absolute Gasteiger partial charge is 0.444 e. The normalized spacial score (nSPS) is 16.1. The van der Waals surface area contributed by atoms with Crippen molar-refractivity contribution in [3.8, 4) is 0 Å². The topological polar surface area (TPSA) is 102 Å². The SMILES string of the molecule is CC(C)(C)OC(=O)NC1CCN(C(=O)C[C@@H](Cn2cnnn2)c2ccc(Cl)cc2)CC1. The van der Waals surface area contributed by atoms with E-state index in [4.69, 9.17) is 16.3 Å². The number of aromatic nitrogens is 4. The van der Waals surface area contributed by atoms with Gasteiger partial charge >= 0.3 is 6.09 Å². The van der Waals surface area contributed by atoms with E-state index in [1.807, 2.05) is 49.9 Å². The standard InChI is InChI=1S/C21H29ClN6O3/c1-21(2,3)31-20(30)24-18-8-10-27(11-9-18)19(29)12-16(13-28-14-23-25-26-28)15-4-6-17(22)7-5-15/h4-7,14,16,18H,8-13H2,1-3H3,(H,24,30)/t16-/m0/s1. The van der Waals surface area contributed by atoms with Crippen LogP contribution in [0.4, 0.5) is 4.79 Å². The van der Waals surface area contributed by atoms with Crippen LogP contribution < -0.4 is 5.32 Å². The molecule has 2 heterocycles. The number of carbonyl (C=O) groups is 2. The third-order valence-corrected chi connectivity index (χ3v) is 5.38. The van der Waals surface area contributed by atoms with Crippen molar-refractivity contribution >= 4 is 23.6 Å². The predicted molar refractivity (Wildman–Crippen MR) is 116 cm³/mol. The van der Waals surface area contributed by atoms with E-state index in [1.165, 1.54) is 0 Å². The zero-order valence-corrected chi connectivity index (χ0v) is 18.9. The lowest BCUT2D eigenvalue weighted by atomic mass is 9.94. The number of benzene rings is 1. The zero-order chi connectivity index (χ0) is 22.4. The number of hydrogen-bond donors (Lipinski definition) is 1. The molecule has 1 aliphatic rings. The number of halogens is 1. The number of tetrazole rings is 1. The highest BCUT2D eigenvalue weighted by Crippen LogP contribution is 2.25. The second-order valence-electron chi connectivity index (χ2n) is 8.79. The van der Waals surface area contributed by atoms with Gasteiger partial charge in [0, 0.05) is 36.5 Å². The lowest BCUT2D eigenvalue weighted by molar-refractivity contribution is -0.132. The van der Waals surface area contributed by atoms with Crippen molar-refractivity contribution in [2.45, 2.75) is 64.1 Å². The summed E-state index contributed by atoms with van der Waals surface area (Å²) in [5, 5.41) is 14.8. The van der Waals surface area contributed by atoms with Crippen LogP contribution in [0.3, 0.4) is 0 Å². The molecule has 0 saturated carbocycles. The van der Waals surface area contributed by atoms with Crippen LogP contribution in [0.25, 0.3) is 0 Å². The number of alkyl carbamates (subject to hydrolysis) is 1. The number of ether oxygens (including phenoxy) is 1. The third-order valence-electron chi connectivity index (χ3n) is 5.13. The van der Waals surface area contributed by atoms with Gasteiger partial charge in [0.25, 0.3) is 0 Å². The fourth-order valence-electron chi connectivity index (χ4n) is 3.60. The minimum absolute atomic E-state index is 0.00665. The minimum Gasteiger partial charge on any atom is -0.444 e. The van der Waals surface area contributed by atoms with Gasteiger partial charge in [0.05, 0.1) is 6.54 Å². The number of nitrogens with one attached hydrogen (secondary N) is 1. The maximum Gasteiger partial charge on any atom is 0.407 e. The highest BCUT2D eigenvalue weighted by atomic mass is 35.5. The first-order chi connectivity index (χ1) is 14.7. The van der Waals surface area contributed by atoms with Gasteiger partial charge in [-0.3, -0.25) is 4.79 Å². The first kappa shape index (κ1) is 23.0. The van der Waals surface area contributed by atoms with Crippen molar-refractivity contribution in [2.24, 2.45) is 0 Å². The van der Waals surface area contributed by atoms with Gasteiger partial charge in [-0.25, -0.2) is 9.48 Å². The van der Waals surface area contributed by atoms with Crippen molar-refractivity contribution in [1.82, 2.24) is 30.4 Å². The van der Waals surface area contributed by atoms with Gasteiger partial charge in [-0.1, -0.05) is 23.7 Å². The molecule has 1 saturated heterocycles. The summed E-state index contributed by atoms with van der Waals surface area (Å²) in [7, 11) is 0. The molecule has 31 heavy (non-hydrogen) atoms. The second kappa shape index (κ2) is 10.1. The highest BCUT2D eigenvalue weighted by Gasteiger charge is 2.27. The van der Waals surface area contributed by atoms with Gasteiger partial charge in [0.1, 0.15) is 11.9 Å². The van der Waals surface area contributed by atoms with Crippen molar-refractivity contribution in [3.63, 3.8) is 0 Å². The van der Waals surface area contributed by atoms with Gasteiger partial charge in [-0.15, -0.1) is 5.10 Å². The molecule has 0 spiro atoms. The molecule has 1 N–H and O–H groups in total. The monoisotopic (exact) mass is 448 g/mol. The van der Waals surface area contributed by atoms with Crippen LogP contribution in [0, 0.1) is 0 Å². The van der Waals surface area contributed by atoms with Gasteiger partial charge in [-0.2, -0.15) is 0 Å². The number of piperidine rings is 1. The number of hydrogen-bond acceptors (Lipinski definition) is 6. The van der Waals surface area contributed by atoms with Gasteiger partial charge in [0.2, 0.25) is 5.91 Å². The molecule has 1 aromatic carbocycles. The Morgan fingerprint density at radius 2 is 1.90 bits per heavy atom. The number of amides is 2. The molecule has 2 aromatic rings. The van der Waals surface area contributed by atoms with Crippen molar-refractivity contribution in [3.05, 3.63) is 41.2 Å². The quantitative estimate of drug-likeness (QED) is 0.728. The summed E-state index contributed by atoms with van der Waals surface area (Å²) in [6.07, 6.45) is 2.86. The Balaban J connectivity index is 1.56. The Hall–Kier alpha value is -2.68. The number of rotatable bonds is 6. The molecule has 1 aliphatic heterocycles. The summed E-state index contributed by atoms with van der Waals surface area (Å²) < 4.78 is 6.94. The van der Waals surface area contributed by atoms with Crippen LogP contribution in [-0.4, -0.2) is 61.8 Å². The van der Waals surface area contributed by atoms with Crippen LogP contribution in [0.1, 0.15) is 51.5 Å². The van der Waals surface area contributed by atoms with Crippen molar-refractivity contribution in [2.75, 3.05) is 13.1 Å². The Labute approximate surface area is 187 Å². The molecule has 0 aliphatic carbocycles. The summed E-state index contributed by atoms with van der Waals surface area (Å²) in [6.45, 7) is 7.19. The van der Waals surface area contributed by atoms with E-state index in [2.05, 4.69) is 20.8 Å². The van der Waals surface area contributed by atoms with Gasteiger partial charge in [-0.05, 0) is 61.7 Å². The van der Waals surface area contributed by atoms with Crippen LogP contribution in [-0.2, 0) is 16.1 Å². The van der Waals surface area contributed by atoms with Crippen molar-refractivity contribution in [1.29, 1.82) is 0 Å². The molecule has 0 bridgehead atoms. The molecule has 0 unspecified atom stereocenters. The molecule has 0 radical (unpaired) electrons. The molecule has 168 valence electrons. The number of carbonyl (C=O) groups excluding carboxylic acids is 2. The molecule has 1 fully saturated rings. The van der Waals surface area contributed by atoms with E-state index in [0.717, 1.165) is 5.56 Å². The predicted octanol–water partition coefficient (Wildman–Crippen LogP) is 3.02. The van der Waals surface area contributed by atoms with E-state index in [9.17, 15) is 9.59 Å². The van der Waals surface area contributed by atoms with Crippen LogP contribution in [0.2, 0.25) is 5.02 Å². The molecule has 1 aromatic heterocycles. The van der Waals surface area contributed by atoms with Crippen LogP contribution in [0.15, 0.2) is 30.6 Å². The average Bonchev–Trinajstić information content (AvgIpc) is 3.20. The molecular formula is C21H29ClN6O3. The van der Waals surface area contributed by atoms with Gasteiger partial charge in [0.15, 0.2) is 0 Å². The zero-order valence-electron chi connectivity index (χ0n) is 18.1. The molecule has 2 amide bonds. The summed E-state index contributed by atoms with van der Waals surface area (Å²) in [6, 6.07) is 7.51. The lowest BCUT2D eigenvalue weighted by Gasteiger charge is -2.33. The summed E-state index contributed by atoms with van der Waals surface area (Å²) >= 11 is 6.02. The fourth-order valence-corrected chi connectivity index (χ4v) is 3.73. The number of nitrogens with zero attached hydrogens (tertiary/aromatic N) is 5. The number of likely N-dealkylation sites (tertiary alicyclic amines) is 1. The second-order valence-corrected chi connectivity index (χ2v) is 9.22. The first-order valence-corrected chi connectivity index (χ1v) is 10.8. The Kier molecular flexibility index (Phi) is 7.48. The Bertz CT molecular complexity index is 858. The van der Waals surface area contributed by atoms with E-state index >= 15 is 0 Å². The average molecular weight is 449 g/mol. The summed E-state index contributed by atoms with van der Waals surface area (Å²) in [5.74, 6) is -0.00498. The smallest absolute Gasteiger partial charge is 0.407 e. The molecular weight excluding hydrogens is 420 g/mol. The van der Waals surface area contributed by atoms with E-state index in [1.54, 1.807) is 11.0 Å². The van der Waals surface area contributed by atoms with Crippen LogP contribution >= 0.6 is 11.6 Å². The highest BCUT2D eigenvalue weighted by molar-refractivity contribution is 6.30. The maximum atomic E-state index is 13.0. The lowest BCUT2D eigenvalue weighted by Crippen LogP contribution is -2.47. The van der Waals surface area contributed by atoms with E-state index < -0.39 is 11.7 Å². The fraction of sp³-hybridized carbons (Fsp3) is 0.571. The van der Waals surface area contributed by atoms with Crippen molar-refractivity contribution < 1.29 is 14.3 Å². The summed E-state index contributed by atoms with van der Waals surface area (Å²) in [5.41, 5.74) is 0.478. The van der Waals surface area contributed by atoms with E-state index in [-0.39, 0.29) is 17.9 Å². The van der Waals surface area contributed by atoms with E-state index in [0.29, 0.717) is 43.9 Å². The first-order valence-electron chi connectivity index (χ1n) is 10.4. The molecule has 1 atom stereocenters.